The number of nitrogens with zero attached hydrogens (tertiary/aromatic N) is 1. The zero-order chi connectivity index (χ0) is 20.1. The van der Waals surface area contributed by atoms with Gasteiger partial charge in [-0.1, -0.05) is 31.2 Å². The number of methoxy groups -OCH3 is 1. The van der Waals surface area contributed by atoms with Gasteiger partial charge in [0.1, 0.15) is 5.75 Å². The summed E-state index contributed by atoms with van der Waals surface area (Å²) in [5.41, 5.74) is 4.34. The second-order valence-corrected chi connectivity index (χ2v) is 7.25. The number of ketones is 1. The Bertz CT molecular complexity index is 993. The number of aromatic nitrogens is 1. The number of amides is 1. The van der Waals surface area contributed by atoms with Gasteiger partial charge in [0.25, 0.3) is 0 Å². The van der Waals surface area contributed by atoms with Gasteiger partial charge in [-0.05, 0) is 37.1 Å². The number of hydrogen-bond donors (Lipinski definition) is 1. The molecule has 3 rings (SSSR count). The third-order valence-electron chi connectivity index (χ3n) is 4.45. The fraction of sp³-hybridized carbons (Fsp3) is 0.227. The number of aryl methyl sites for hydroxylation is 1. The van der Waals surface area contributed by atoms with E-state index in [4.69, 9.17) is 4.74 Å². The molecule has 0 fully saturated rings. The van der Waals surface area contributed by atoms with Crippen LogP contribution in [0.2, 0.25) is 0 Å². The number of benzene rings is 2. The number of carbonyl (C=O) groups excluding carboxylic acids is 2. The summed E-state index contributed by atoms with van der Waals surface area (Å²) < 4.78 is 5.31. The van der Waals surface area contributed by atoms with Gasteiger partial charge >= 0.3 is 0 Å². The predicted molar refractivity (Wildman–Crippen MR) is 112 cm³/mol. The first-order chi connectivity index (χ1) is 13.5. The number of thiazole rings is 1. The smallest absolute Gasteiger partial charge is 0.230 e. The Kier molecular flexibility index (Phi) is 6.21. The molecule has 0 saturated heterocycles. The van der Waals surface area contributed by atoms with Gasteiger partial charge in [0.05, 0.1) is 19.2 Å². The standard InChI is InChI=1S/C22H22N2O3S/c1-4-15-5-7-16(8-6-15)19-13-28-22(23-19)24-21(26)12-18-11-17(14(2)25)9-10-20(18)27-3/h5-11,13H,4,12H2,1-3H3,(H,23,24,26). The Morgan fingerprint density at radius 1 is 1.14 bits per heavy atom. The average molecular weight is 394 g/mol. The summed E-state index contributed by atoms with van der Waals surface area (Å²) in [6.45, 7) is 3.61. The molecule has 0 atom stereocenters. The van der Waals surface area contributed by atoms with Gasteiger partial charge in [0.2, 0.25) is 5.91 Å². The Morgan fingerprint density at radius 2 is 1.89 bits per heavy atom. The van der Waals surface area contributed by atoms with E-state index < -0.39 is 0 Å². The van der Waals surface area contributed by atoms with Crippen LogP contribution in [0.25, 0.3) is 11.3 Å². The van der Waals surface area contributed by atoms with Crippen molar-refractivity contribution in [2.75, 3.05) is 12.4 Å². The van der Waals surface area contributed by atoms with Crippen LogP contribution >= 0.6 is 11.3 Å². The molecule has 0 radical (unpaired) electrons. The van der Waals surface area contributed by atoms with Crippen LogP contribution in [0, 0.1) is 0 Å². The van der Waals surface area contributed by atoms with Gasteiger partial charge in [0, 0.05) is 22.1 Å². The lowest BCUT2D eigenvalue weighted by molar-refractivity contribution is -0.115. The number of carbonyl (C=O) groups is 2. The molecule has 0 aliphatic rings. The van der Waals surface area contributed by atoms with Crippen LogP contribution in [0.5, 0.6) is 5.75 Å². The second kappa shape index (κ2) is 8.80. The van der Waals surface area contributed by atoms with Crippen molar-refractivity contribution in [3.05, 3.63) is 64.5 Å². The van der Waals surface area contributed by atoms with Crippen molar-refractivity contribution in [2.24, 2.45) is 0 Å². The number of ether oxygens (including phenoxy) is 1. The van der Waals surface area contributed by atoms with Crippen LogP contribution < -0.4 is 10.1 Å². The lowest BCUT2D eigenvalue weighted by Crippen LogP contribution is -2.15. The van der Waals surface area contributed by atoms with Crippen LogP contribution in [0.3, 0.4) is 0 Å². The fourth-order valence-corrected chi connectivity index (χ4v) is 3.58. The quantitative estimate of drug-likeness (QED) is 0.587. The van der Waals surface area contributed by atoms with Crippen molar-refractivity contribution in [3.63, 3.8) is 0 Å². The van der Waals surface area contributed by atoms with Crippen LogP contribution in [0.4, 0.5) is 5.13 Å². The molecule has 0 unspecified atom stereocenters. The Balaban J connectivity index is 1.71. The van der Waals surface area contributed by atoms with Crippen molar-refractivity contribution in [3.8, 4) is 17.0 Å². The Hall–Kier alpha value is -2.99. The van der Waals surface area contributed by atoms with Gasteiger partial charge in [0.15, 0.2) is 10.9 Å². The van der Waals surface area contributed by atoms with E-state index in [0.717, 1.165) is 17.7 Å². The summed E-state index contributed by atoms with van der Waals surface area (Å²) in [5, 5.41) is 5.30. The van der Waals surface area contributed by atoms with E-state index in [0.29, 0.717) is 22.0 Å². The number of Topliss-reactive ketones (excluding diaryl/α,β-unsaturated/α-hetero) is 1. The topological polar surface area (TPSA) is 68.3 Å². The molecular weight excluding hydrogens is 372 g/mol. The van der Waals surface area contributed by atoms with E-state index in [9.17, 15) is 9.59 Å². The molecule has 1 heterocycles. The van der Waals surface area contributed by atoms with Gasteiger partial charge < -0.3 is 10.1 Å². The van der Waals surface area contributed by atoms with E-state index >= 15 is 0 Å². The minimum atomic E-state index is -0.207. The van der Waals surface area contributed by atoms with Gasteiger partial charge in [-0.15, -0.1) is 11.3 Å². The summed E-state index contributed by atoms with van der Waals surface area (Å²) in [6, 6.07) is 13.3. The van der Waals surface area contributed by atoms with Gasteiger partial charge in [-0.3, -0.25) is 9.59 Å². The third kappa shape index (κ3) is 4.64. The maximum absolute atomic E-state index is 12.5. The highest BCUT2D eigenvalue weighted by atomic mass is 32.1. The zero-order valence-electron chi connectivity index (χ0n) is 16.1. The van der Waals surface area contributed by atoms with E-state index in [1.165, 1.54) is 23.8 Å². The first-order valence-electron chi connectivity index (χ1n) is 9.02. The van der Waals surface area contributed by atoms with Crippen LogP contribution in [-0.2, 0) is 17.6 Å². The summed E-state index contributed by atoms with van der Waals surface area (Å²) in [7, 11) is 1.54. The molecule has 0 saturated carbocycles. The minimum Gasteiger partial charge on any atom is -0.496 e. The van der Waals surface area contributed by atoms with E-state index in [2.05, 4.69) is 29.4 Å². The molecule has 144 valence electrons. The lowest BCUT2D eigenvalue weighted by Gasteiger charge is -2.09. The average Bonchev–Trinajstić information content (AvgIpc) is 3.16. The maximum atomic E-state index is 12.5. The predicted octanol–water partition coefficient (Wildman–Crippen LogP) is 4.76. The lowest BCUT2D eigenvalue weighted by atomic mass is 10.0. The maximum Gasteiger partial charge on any atom is 0.230 e. The molecule has 1 N–H and O–H groups in total. The van der Waals surface area contributed by atoms with Crippen LogP contribution in [0.1, 0.15) is 35.3 Å². The first-order valence-corrected chi connectivity index (χ1v) is 9.90. The first kappa shape index (κ1) is 19.8. The minimum absolute atomic E-state index is 0.0528. The number of nitrogens with one attached hydrogen (secondary N) is 1. The van der Waals surface area contributed by atoms with Crippen molar-refractivity contribution in [2.45, 2.75) is 26.7 Å². The molecule has 3 aromatic rings. The summed E-state index contributed by atoms with van der Waals surface area (Å²) in [6.07, 6.45) is 1.09. The highest BCUT2D eigenvalue weighted by molar-refractivity contribution is 7.14. The van der Waals surface area contributed by atoms with Crippen molar-refractivity contribution < 1.29 is 14.3 Å². The monoisotopic (exact) mass is 394 g/mol. The van der Waals surface area contributed by atoms with E-state index in [1.54, 1.807) is 25.3 Å². The molecule has 0 aliphatic carbocycles. The summed E-state index contributed by atoms with van der Waals surface area (Å²) in [4.78, 5) is 28.6. The Morgan fingerprint density at radius 3 is 2.54 bits per heavy atom. The molecule has 0 bridgehead atoms. The molecule has 5 nitrogen and oxygen atoms in total. The molecule has 2 aromatic carbocycles. The summed E-state index contributed by atoms with van der Waals surface area (Å²) >= 11 is 1.38. The molecule has 0 aliphatic heterocycles. The zero-order valence-corrected chi connectivity index (χ0v) is 16.9. The fourth-order valence-electron chi connectivity index (χ4n) is 2.85. The highest BCUT2D eigenvalue weighted by Gasteiger charge is 2.13. The third-order valence-corrected chi connectivity index (χ3v) is 5.20. The molecule has 1 amide bonds. The van der Waals surface area contributed by atoms with E-state index in [-0.39, 0.29) is 18.1 Å². The van der Waals surface area contributed by atoms with Crippen molar-refractivity contribution >= 4 is 28.2 Å². The number of hydrogen-bond acceptors (Lipinski definition) is 5. The van der Waals surface area contributed by atoms with Crippen molar-refractivity contribution in [1.82, 2.24) is 4.98 Å². The largest absolute Gasteiger partial charge is 0.496 e. The number of anilines is 1. The molecule has 6 heteroatoms. The van der Waals surface area contributed by atoms with Gasteiger partial charge in [-0.2, -0.15) is 0 Å². The molecular formula is C22H22N2O3S. The van der Waals surface area contributed by atoms with Gasteiger partial charge in [-0.25, -0.2) is 4.98 Å². The van der Waals surface area contributed by atoms with Crippen LogP contribution in [-0.4, -0.2) is 23.8 Å². The summed E-state index contributed by atoms with van der Waals surface area (Å²) in [5.74, 6) is 0.320. The normalized spacial score (nSPS) is 10.5. The van der Waals surface area contributed by atoms with Crippen molar-refractivity contribution in [1.29, 1.82) is 0 Å². The highest BCUT2D eigenvalue weighted by Crippen LogP contribution is 2.26. The molecule has 1 aromatic heterocycles. The number of rotatable bonds is 7. The van der Waals surface area contributed by atoms with E-state index in [1.807, 2.05) is 17.5 Å². The SMILES string of the molecule is CCc1ccc(-c2csc(NC(=O)Cc3cc(C(C)=O)ccc3OC)n2)cc1. The second-order valence-electron chi connectivity index (χ2n) is 6.40. The molecule has 28 heavy (non-hydrogen) atoms. The molecule has 0 spiro atoms. The Labute approximate surface area is 168 Å². The van der Waals surface area contributed by atoms with Crippen LogP contribution in [0.15, 0.2) is 47.8 Å².